The highest BCUT2D eigenvalue weighted by Gasteiger charge is 2.39. The van der Waals surface area contributed by atoms with Crippen LogP contribution in [0.15, 0.2) is 40.8 Å². The van der Waals surface area contributed by atoms with Crippen LogP contribution in [-0.2, 0) is 9.59 Å². The van der Waals surface area contributed by atoms with E-state index in [4.69, 9.17) is 0 Å². The molecule has 1 aromatic rings. The molecule has 4 nitrogen and oxygen atoms in total. The zero-order valence-electron chi connectivity index (χ0n) is 17.2. The van der Waals surface area contributed by atoms with Gasteiger partial charge in [0, 0.05) is 29.3 Å². The lowest BCUT2D eigenvalue weighted by molar-refractivity contribution is -0.127. The average Bonchev–Trinajstić information content (AvgIpc) is 2.76. The Morgan fingerprint density at radius 2 is 2.13 bits per heavy atom. The van der Waals surface area contributed by atoms with Crippen LogP contribution in [0, 0.1) is 11.7 Å². The summed E-state index contributed by atoms with van der Waals surface area (Å²) in [6, 6.07) is 6.46. The number of hydrogen-bond acceptors (Lipinski definition) is 3. The van der Waals surface area contributed by atoms with Gasteiger partial charge in [-0.25, -0.2) is 4.39 Å². The summed E-state index contributed by atoms with van der Waals surface area (Å²) in [4.78, 5) is 25.7. The van der Waals surface area contributed by atoms with Gasteiger partial charge in [0.1, 0.15) is 5.82 Å². The Kier molecular flexibility index (Phi) is 6.93. The Hall–Kier alpha value is -2.08. The summed E-state index contributed by atoms with van der Waals surface area (Å²) in [6.07, 6.45) is 12.1. The van der Waals surface area contributed by atoms with Crippen molar-refractivity contribution >= 4 is 29.7 Å². The molecule has 30 heavy (non-hydrogen) atoms. The summed E-state index contributed by atoms with van der Waals surface area (Å²) in [7, 11) is 0. The number of hydrogen-bond donors (Lipinski definition) is 2. The maximum absolute atomic E-state index is 13.9. The largest absolute Gasteiger partial charge is 0.356 e. The molecule has 0 bridgehead atoms. The molecule has 1 saturated carbocycles. The minimum Gasteiger partial charge on any atom is -0.356 e. The minimum atomic E-state index is -0.329. The third-order valence-electron chi connectivity index (χ3n) is 6.30. The second kappa shape index (κ2) is 9.82. The van der Waals surface area contributed by atoms with Gasteiger partial charge in [0.05, 0.1) is 4.91 Å². The molecule has 2 N–H and O–H groups in total. The van der Waals surface area contributed by atoms with Crippen LogP contribution in [0.2, 0.25) is 0 Å². The number of halogens is 1. The van der Waals surface area contributed by atoms with E-state index >= 15 is 0 Å². The Morgan fingerprint density at radius 1 is 1.27 bits per heavy atom. The normalized spacial score (nSPS) is 27.8. The monoisotopic (exact) mass is 428 g/mol. The zero-order chi connectivity index (χ0) is 20.9. The number of benzene rings is 1. The number of allylic oxidation sites excluding steroid dienone is 1. The van der Waals surface area contributed by atoms with Crippen molar-refractivity contribution in [1.82, 2.24) is 10.6 Å². The van der Waals surface area contributed by atoms with Crippen LogP contribution in [0.3, 0.4) is 0 Å². The first-order valence-electron chi connectivity index (χ1n) is 11.0. The van der Waals surface area contributed by atoms with Crippen LogP contribution in [-0.4, -0.2) is 29.7 Å². The highest BCUT2D eigenvalue weighted by molar-refractivity contribution is 8.04. The molecule has 0 spiro atoms. The summed E-state index contributed by atoms with van der Waals surface area (Å²) in [5, 5.41) is 6.40. The van der Waals surface area contributed by atoms with E-state index in [0.29, 0.717) is 23.4 Å². The molecule has 1 saturated heterocycles. The van der Waals surface area contributed by atoms with Crippen LogP contribution >= 0.6 is 11.8 Å². The first kappa shape index (κ1) is 21.2. The van der Waals surface area contributed by atoms with E-state index in [-0.39, 0.29) is 34.8 Å². The Bertz CT molecular complexity index is 867. The second-order valence-corrected chi connectivity index (χ2v) is 9.71. The number of fused-ring (bicyclic) bond motifs is 1. The van der Waals surface area contributed by atoms with Crippen molar-refractivity contribution in [2.75, 3.05) is 6.54 Å². The van der Waals surface area contributed by atoms with Crippen molar-refractivity contribution in [3.8, 4) is 0 Å². The van der Waals surface area contributed by atoms with Crippen LogP contribution < -0.4 is 10.6 Å². The molecule has 4 rings (SSSR count). The molecule has 1 aliphatic heterocycles. The maximum atomic E-state index is 13.9. The Balaban J connectivity index is 1.30. The molecule has 3 atom stereocenters. The van der Waals surface area contributed by atoms with E-state index in [0.717, 1.165) is 25.7 Å². The number of carbonyl (C=O) groups excluding carboxylic acids is 2. The molecule has 3 unspecified atom stereocenters. The molecule has 2 aliphatic carbocycles. The van der Waals surface area contributed by atoms with Crippen molar-refractivity contribution in [3.05, 3.63) is 52.2 Å². The smallest absolute Gasteiger partial charge is 0.257 e. The lowest BCUT2D eigenvalue weighted by Gasteiger charge is -2.39. The predicted octanol–water partition coefficient (Wildman–Crippen LogP) is 4.57. The van der Waals surface area contributed by atoms with E-state index in [1.54, 1.807) is 24.3 Å². The number of amides is 2. The van der Waals surface area contributed by atoms with Gasteiger partial charge in [0.25, 0.3) is 5.91 Å². The molecule has 1 heterocycles. The lowest BCUT2D eigenvalue weighted by Crippen LogP contribution is -2.51. The standard InChI is InChI=1S/C24H29FN2O2S/c25-19-9-5-4-8-17(19)15-22-24(29)27-20-14-18(10-11-21(20)30-22)23(28)26-13-12-16-6-2-1-3-7-16/h4-6,8-9,15,18,20-21H,1-3,7,10-14H2,(H,26,28)(H,27,29)/b22-15+. The number of nitrogens with one attached hydrogen (secondary N) is 2. The van der Waals surface area contributed by atoms with Crippen LogP contribution in [0.25, 0.3) is 6.08 Å². The van der Waals surface area contributed by atoms with Gasteiger partial charge in [0.2, 0.25) is 5.91 Å². The van der Waals surface area contributed by atoms with Gasteiger partial charge in [-0.15, -0.1) is 11.8 Å². The Morgan fingerprint density at radius 3 is 2.93 bits per heavy atom. The number of thioether (sulfide) groups is 1. The summed E-state index contributed by atoms with van der Waals surface area (Å²) >= 11 is 1.52. The second-order valence-electron chi connectivity index (χ2n) is 8.43. The summed E-state index contributed by atoms with van der Waals surface area (Å²) < 4.78 is 13.9. The van der Waals surface area contributed by atoms with Crippen molar-refractivity contribution in [3.63, 3.8) is 0 Å². The van der Waals surface area contributed by atoms with Crippen molar-refractivity contribution in [2.24, 2.45) is 5.92 Å². The summed E-state index contributed by atoms with van der Waals surface area (Å²) in [5.41, 5.74) is 1.89. The summed E-state index contributed by atoms with van der Waals surface area (Å²) in [5.74, 6) is -0.443. The third kappa shape index (κ3) is 5.15. The van der Waals surface area contributed by atoms with E-state index in [1.807, 2.05) is 0 Å². The number of carbonyl (C=O) groups is 2. The molecule has 6 heteroatoms. The van der Waals surface area contributed by atoms with E-state index in [2.05, 4.69) is 16.7 Å². The fourth-order valence-corrected chi connectivity index (χ4v) is 5.87. The van der Waals surface area contributed by atoms with Gasteiger partial charge < -0.3 is 10.6 Å². The van der Waals surface area contributed by atoms with Gasteiger partial charge in [-0.2, -0.15) is 0 Å². The number of rotatable bonds is 5. The van der Waals surface area contributed by atoms with Crippen molar-refractivity contribution in [1.29, 1.82) is 0 Å². The van der Waals surface area contributed by atoms with Gasteiger partial charge in [-0.1, -0.05) is 29.8 Å². The van der Waals surface area contributed by atoms with Crippen LogP contribution in [0.5, 0.6) is 0 Å². The summed E-state index contributed by atoms with van der Waals surface area (Å²) in [6.45, 7) is 0.700. The molecule has 2 amide bonds. The highest BCUT2D eigenvalue weighted by atomic mass is 32.2. The van der Waals surface area contributed by atoms with Crippen molar-refractivity contribution < 1.29 is 14.0 Å². The lowest BCUT2D eigenvalue weighted by atomic mass is 9.84. The van der Waals surface area contributed by atoms with Crippen LogP contribution in [0.4, 0.5) is 4.39 Å². The molecule has 0 radical (unpaired) electrons. The molecule has 2 fully saturated rings. The molecule has 1 aromatic carbocycles. The van der Waals surface area contributed by atoms with Crippen molar-refractivity contribution in [2.45, 2.75) is 62.7 Å². The van der Waals surface area contributed by atoms with Gasteiger partial charge >= 0.3 is 0 Å². The third-order valence-corrected chi connectivity index (χ3v) is 7.72. The predicted molar refractivity (Wildman–Crippen MR) is 119 cm³/mol. The van der Waals surface area contributed by atoms with Gasteiger partial charge in [-0.05, 0) is 63.5 Å². The molecule has 0 aromatic heterocycles. The molecular formula is C24H29FN2O2S. The first-order valence-corrected chi connectivity index (χ1v) is 11.9. The quantitative estimate of drug-likeness (QED) is 0.533. The molecule has 3 aliphatic rings. The van der Waals surface area contributed by atoms with E-state index in [1.165, 1.54) is 42.7 Å². The topological polar surface area (TPSA) is 58.2 Å². The highest BCUT2D eigenvalue weighted by Crippen LogP contribution is 2.40. The van der Waals surface area contributed by atoms with E-state index in [9.17, 15) is 14.0 Å². The fraction of sp³-hybridized carbons (Fsp3) is 0.500. The fourth-order valence-electron chi connectivity index (χ4n) is 4.59. The van der Waals surface area contributed by atoms with E-state index < -0.39 is 0 Å². The minimum absolute atomic E-state index is 0.00850. The average molecular weight is 429 g/mol. The SMILES string of the molecule is O=C1NC2CC(C(=O)NCCC3=CCCCC3)CCC2S/C1=C/c1ccccc1F. The van der Waals surface area contributed by atoms with Crippen LogP contribution in [0.1, 0.15) is 56.9 Å². The molecular weight excluding hydrogens is 399 g/mol. The maximum Gasteiger partial charge on any atom is 0.257 e. The molecule has 160 valence electrons. The van der Waals surface area contributed by atoms with Gasteiger partial charge in [0.15, 0.2) is 0 Å². The zero-order valence-corrected chi connectivity index (χ0v) is 18.0. The first-order chi connectivity index (χ1) is 14.6. The van der Waals surface area contributed by atoms with Gasteiger partial charge in [-0.3, -0.25) is 9.59 Å². The Labute approximate surface area is 181 Å².